The van der Waals surface area contributed by atoms with Gasteiger partial charge in [-0.25, -0.2) is 14.5 Å². The van der Waals surface area contributed by atoms with Crippen molar-refractivity contribution in [3.63, 3.8) is 0 Å². The van der Waals surface area contributed by atoms with Crippen LogP contribution >= 0.6 is 0 Å². The Morgan fingerprint density at radius 1 is 1.57 bits per heavy atom. The molecule has 0 bridgehead atoms. The Labute approximate surface area is 78.2 Å². The summed E-state index contributed by atoms with van der Waals surface area (Å²) in [6.07, 6.45) is 4.39. The third kappa shape index (κ3) is 1.29. The predicted octanol–water partition coefficient (Wildman–Crippen LogP) is -0.791. The first-order valence-corrected chi connectivity index (χ1v) is 3.83. The van der Waals surface area contributed by atoms with E-state index in [2.05, 4.69) is 15.1 Å². The van der Waals surface area contributed by atoms with Crippen LogP contribution in [0.25, 0.3) is 5.78 Å². The molecule has 72 valence electrons. The molecule has 2 rings (SSSR count). The summed E-state index contributed by atoms with van der Waals surface area (Å²) >= 11 is 0. The van der Waals surface area contributed by atoms with E-state index in [9.17, 15) is 4.79 Å². The Bertz CT molecular complexity index is 447. The lowest BCUT2D eigenvalue weighted by atomic mass is 10.2. The number of nitrogens with zero attached hydrogens (tertiary/aromatic N) is 4. The summed E-state index contributed by atoms with van der Waals surface area (Å²) in [5.41, 5.74) is 5.61. The molecule has 0 saturated heterocycles. The first-order valence-electron chi connectivity index (χ1n) is 3.83. The zero-order valence-electron chi connectivity index (χ0n) is 7.03. The quantitative estimate of drug-likeness (QED) is 0.647. The largest absolute Gasteiger partial charge is 0.480 e. The van der Waals surface area contributed by atoms with Gasteiger partial charge in [-0.05, 0) is 0 Å². The molecule has 0 aromatic carbocycles. The van der Waals surface area contributed by atoms with Gasteiger partial charge >= 0.3 is 5.97 Å². The fourth-order valence-corrected chi connectivity index (χ4v) is 1.03. The van der Waals surface area contributed by atoms with Crippen molar-refractivity contribution in [2.24, 2.45) is 5.73 Å². The lowest BCUT2D eigenvalue weighted by Gasteiger charge is -1.98. The number of hydrogen-bond donors (Lipinski definition) is 2. The van der Waals surface area contributed by atoms with Crippen LogP contribution in [0.5, 0.6) is 0 Å². The molecular weight excluding hydrogens is 186 g/mol. The number of imidazole rings is 1. The van der Waals surface area contributed by atoms with Gasteiger partial charge in [0.25, 0.3) is 5.78 Å². The molecule has 1 atom stereocenters. The molecule has 0 radical (unpaired) electrons. The Hall–Kier alpha value is -2.02. The smallest absolute Gasteiger partial charge is 0.326 e. The molecule has 2 heterocycles. The molecular formula is C7H7N5O2. The highest BCUT2D eigenvalue weighted by molar-refractivity contribution is 5.74. The third-order valence-electron chi connectivity index (χ3n) is 1.72. The molecule has 0 aliphatic heterocycles. The molecule has 0 fully saturated rings. The van der Waals surface area contributed by atoms with Crippen molar-refractivity contribution >= 4 is 11.7 Å². The molecule has 1 unspecified atom stereocenters. The van der Waals surface area contributed by atoms with Crippen molar-refractivity contribution in [3.05, 3.63) is 24.3 Å². The van der Waals surface area contributed by atoms with Gasteiger partial charge in [0.15, 0.2) is 0 Å². The van der Waals surface area contributed by atoms with Crippen LogP contribution in [0, 0.1) is 0 Å². The number of aromatic nitrogens is 4. The second-order valence-electron chi connectivity index (χ2n) is 2.67. The molecule has 0 aliphatic rings. The predicted molar refractivity (Wildman–Crippen MR) is 45.3 cm³/mol. The van der Waals surface area contributed by atoms with E-state index in [1.54, 1.807) is 0 Å². The lowest BCUT2D eigenvalue weighted by molar-refractivity contribution is -0.138. The van der Waals surface area contributed by atoms with Gasteiger partial charge in [0.05, 0.1) is 24.3 Å². The summed E-state index contributed by atoms with van der Waals surface area (Å²) in [5.74, 6) is -0.799. The molecule has 2 aromatic heterocycles. The van der Waals surface area contributed by atoms with Gasteiger partial charge < -0.3 is 10.8 Å². The number of fused-ring (bicyclic) bond motifs is 1. The van der Waals surface area contributed by atoms with E-state index in [1.807, 2.05) is 0 Å². The van der Waals surface area contributed by atoms with E-state index in [1.165, 1.54) is 23.1 Å². The highest BCUT2D eigenvalue weighted by Crippen LogP contribution is 2.08. The molecule has 7 nitrogen and oxygen atoms in total. The fourth-order valence-electron chi connectivity index (χ4n) is 1.03. The average molecular weight is 193 g/mol. The molecule has 0 aliphatic carbocycles. The Morgan fingerprint density at radius 2 is 2.36 bits per heavy atom. The van der Waals surface area contributed by atoms with Crippen LogP contribution in [0.1, 0.15) is 11.7 Å². The number of aliphatic carboxylic acids is 1. The molecule has 7 heteroatoms. The highest BCUT2D eigenvalue weighted by Gasteiger charge is 2.18. The second kappa shape index (κ2) is 3.04. The normalized spacial score (nSPS) is 12.9. The SMILES string of the molecule is NC(C(=O)O)c1cn2nccnc2n1. The first-order chi connectivity index (χ1) is 6.68. The summed E-state index contributed by atoms with van der Waals surface area (Å²) in [4.78, 5) is 18.4. The van der Waals surface area contributed by atoms with Crippen molar-refractivity contribution in [3.8, 4) is 0 Å². The Balaban J connectivity index is 2.50. The van der Waals surface area contributed by atoms with E-state index >= 15 is 0 Å². The van der Waals surface area contributed by atoms with E-state index in [4.69, 9.17) is 10.8 Å². The second-order valence-corrected chi connectivity index (χ2v) is 2.67. The van der Waals surface area contributed by atoms with Crippen molar-refractivity contribution in [2.75, 3.05) is 0 Å². The lowest BCUT2D eigenvalue weighted by Crippen LogP contribution is -2.20. The number of carbonyl (C=O) groups is 1. The zero-order chi connectivity index (χ0) is 10.1. The van der Waals surface area contributed by atoms with Gasteiger partial charge in [0.1, 0.15) is 6.04 Å². The molecule has 0 amide bonds. The van der Waals surface area contributed by atoms with Crippen LogP contribution in [0.4, 0.5) is 0 Å². The van der Waals surface area contributed by atoms with Crippen LogP contribution in [0.3, 0.4) is 0 Å². The summed E-state index contributed by atoms with van der Waals surface area (Å²) in [6.45, 7) is 0. The Kier molecular flexibility index (Phi) is 1.86. The first kappa shape index (κ1) is 8.57. The summed E-state index contributed by atoms with van der Waals surface area (Å²) in [7, 11) is 0. The number of carboxylic acid groups (broad SMARTS) is 1. The number of nitrogens with two attached hydrogens (primary N) is 1. The molecule has 14 heavy (non-hydrogen) atoms. The fraction of sp³-hybridized carbons (Fsp3) is 0.143. The van der Waals surface area contributed by atoms with Crippen LogP contribution in [0.15, 0.2) is 18.6 Å². The Morgan fingerprint density at radius 3 is 3.00 bits per heavy atom. The zero-order valence-corrected chi connectivity index (χ0v) is 7.03. The van der Waals surface area contributed by atoms with E-state index < -0.39 is 12.0 Å². The minimum Gasteiger partial charge on any atom is -0.480 e. The van der Waals surface area contributed by atoms with Gasteiger partial charge in [-0.15, -0.1) is 0 Å². The molecule has 0 saturated carbocycles. The van der Waals surface area contributed by atoms with Crippen molar-refractivity contribution < 1.29 is 9.90 Å². The van der Waals surface area contributed by atoms with Gasteiger partial charge in [-0.3, -0.25) is 4.79 Å². The number of rotatable bonds is 2. The minimum atomic E-state index is -1.14. The molecule has 3 N–H and O–H groups in total. The van der Waals surface area contributed by atoms with Gasteiger partial charge in [-0.1, -0.05) is 0 Å². The van der Waals surface area contributed by atoms with Crippen molar-refractivity contribution in [1.29, 1.82) is 0 Å². The van der Waals surface area contributed by atoms with Gasteiger partial charge in [0.2, 0.25) is 0 Å². The monoisotopic (exact) mass is 193 g/mol. The third-order valence-corrected chi connectivity index (χ3v) is 1.72. The topological polar surface area (TPSA) is 106 Å². The summed E-state index contributed by atoms with van der Waals surface area (Å²) < 4.78 is 1.37. The number of carboxylic acids is 1. The van der Waals surface area contributed by atoms with E-state index in [0.717, 1.165) is 0 Å². The number of hydrogen-bond acceptors (Lipinski definition) is 5. The van der Waals surface area contributed by atoms with Gasteiger partial charge in [-0.2, -0.15) is 5.10 Å². The molecule has 0 spiro atoms. The van der Waals surface area contributed by atoms with Crippen molar-refractivity contribution in [1.82, 2.24) is 19.6 Å². The van der Waals surface area contributed by atoms with Crippen LogP contribution in [-0.4, -0.2) is 30.7 Å². The molecule has 2 aromatic rings. The van der Waals surface area contributed by atoms with Crippen LogP contribution in [-0.2, 0) is 4.79 Å². The van der Waals surface area contributed by atoms with Crippen LogP contribution < -0.4 is 5.73 Å². The van der Waals surface area contributed by atoms with E-state index in [-0.39, 0.29) is 5.69 Å². The minimum absolute atomic E-state index is 0.240. The maximum atomic E-state index is 10.6. The maximum absolute atomic E-state index is 10.6. The van der Waals surface area contributed by atoms with Gasteiger partial charge in [0, 0.05) is 0 Å². The van der Waals surface area contributed by atoms with E-state index in [0.29, 0.717) is 5.78 Å². The summed E-state index contributed by atoms with van der Waals surface area (Å²) in [6, 6.07) is -1.14. The standard InChI is InChI=1S/C7H7N5O2/c8-5(6(13)14)4-3-12-7(11-4)9-1-2-10-12/h1-3,5H,8H2,(H,13,14). The summed E-state index contributed by atoms with van der Waals surface area (Å²) in [5, 5.41) is 12.5. The van der Waals surface area contributed by atoms with Crippen molar-refractivity contribution in [2.45, 2.75) is 6.04 Å². The average Bonchev–Trinajstić information content (AvgIpc) is 2.59. The van der Waals surface area contributed by atoms with Crippen LogP contribution in [0.2, 0.25) is 0 Å². The highest BCUT2D eigenvalue weighted by atomic mass is 16.4. The maximum Gasteiger partial charge on any atom is 0.326 e.